The first-order valence-electron chi connectivity index (χ1n) is 4.87. The molecular formula is C9H18F3NO. The summed E-state index contributed by atoms with van der Waals surface area (Å²) in [5.41, 5.74) is 5.34. The topological polar surface area (TPSA) is 35.2 Å². The van der Waals surface area contributed by atoms with Crippen molar-refractivity contribution in [3.8, 4) is 0 Å². The normalized spacial score (nSPS) is 16.7. The van der Waals surface area contributed by atoms with Crippen LogP contribution < -0.4 is 5.73 Å². The van der Waals surface area contributed by atoms with Crippen molar-refractivity contribution in [1.29, 1.82) is 0 Å². The van der Waals surface area contributed by atoms with Gasteiger partial charge in [-0.25, -0.2) is 0 Å². The third kappa shape index (κ3) is 4.81. The minimum absolute atomic E-state index is 0.119. The molecule has 0 aliphatic rings. The molecule has 0 rings (SSSR count). The summed E-state index contributed by atoms with van der Waals surface area (Å²) in [6.07, 6.45) is -4.48. The number of rotatable bonds is 6. The van der Waals surface area contributed by atoms with Crippen molar-refractivity contribution < 1.29 is 17.9 Å². The van der Waals surface area contributed by atoms with Gasteiger partial charge in [0.05, 0.1) is 0 Å². The van der Waals surface area contributed by atoms with Gasteiger partial charge in [0.25, 0.3) is 0 Å². The molecule has 2 N–H and O–H groups in total. The van der Waals surface area contributed by atoms with E-state index in [1.54, 1.807) is 6.92 Å². The van der Waals surface area contributed by atoms with E-state index in [0.29, 0.717) is 6.42 Å². The van der Waals surface area contributed by atoms with E-state index in [1.807, 2.05) is 6.92 Å². The summed E-state index contributed by atoms with van der Waals surface area (Å²) in [7, 11) is 0. The SMILES string of the molecule is CCCCOC(C(N)CC)C(F)(F)F. The average molecular weight is 213 g/mol. The Bertz CT molecular complexity index is 149. The van der Waals surface area contributed by atoms with E-state index in [4.69, 9.17) is 10.5 Å². The van der Waals surface area contributed by atoms with E-state index in [9.17, 15) is 13.2 Å². The molecule has 5 heteroatoms. The molecule has 0 saturated carbocycles. The van der Waals surface area contributed by atoms with Crippen molar-refractivity contribution in [3.05, 3.63) is 0 Å². The van der Waals surface area contributed by atoms with Gasteiger partial charge in [0.15, 0.2) is 6.10 Å². The lowest BCUT2D eigenvalue weighted by atomic mass is 10.1. The maximum Gasteiger partial charge on any atom is 0.416 e. The average Bonchev–Trinajstić information content (AvgIpc) is 2.09. The number of unbranched alkanes of at least 4 members (excludes halogenated alkanes) is 1. The molecule has 0 aromatic carbocycles. The number of hydrogen-bond donors (Lipinski definition) is 1. The summed E-state index contributed by atoms with van der Waals surface area (Å²) in [5, 5.41) is 0. The Morgan fingerprint density at radius 2 is 1.86 bits per heavy atom. The largest absolute Gasteiger partial charge is 0.416 e. The van der Waals surface area contributed by atoms with Gasteiger partial charge in [0.2, 0.25) is 0 Å². The van der Waals surface area contributed by atoms with Gasteiger partial charge >= 0.3 is 6.18 Å². The van der Waals surface area contributed by atoms with Crippen LogP contribution >= 0.6 is 0 Å². The molecule has 0 aromatic rings. The van der Waals surface area contributed by atoms with Crippen molar-refractivity contribution in [3.63, 3.8) is 0 Å². The summed E-state index contributed by atoms with van der Waals surface area (Å²) >= 11 is 0. The number of halogens is 3. The van der Waals surface area contributed by atoms with Gasteiger partial charge in [-0.3, -0.25) is 0 Å². The molecular weight excluding hydrogens is 195 g/mol. The van der Waals surface area contributed by atoms with Gasteiger partial charge in [0, 0.05) is 12.6 Å². The Hall–Kier alpha value is -0.290. The summed E-state index contributed by atoms with van der Waals surface area (Å²) in [6.45, 7) is 3.63. The zero-order valence-corrected chi connectivity index (χ0v) is 8.60. The Kier molecular flexibility index (Phi) is 6.11. The van der Waals surface area contributed by atoms with Gasteiger partial charge < -0.3 is 10.5 Å². The van der Waals surface area contributed by atoms with Crippen molar-refractivity contribution in [2.24, 2.45) is 5.73 Å². The van der Waals surface area contributed by atoms with Crippen LogP contribution in [0.2, 0.25) is 0 Å². The van der Waals surface area contributed by atoms with Crippen LogP contribution in [0.3, 0.4) is 0 Å². The molecule has 14 heavy (non-hydrogen) atoms. The van der Waals surface area contributed by atoms with Crippen LogP contribution in [0, 0.1) is 0 Å². The number of nitrogens with two attached hydrogens (primary N) is 1. The zero-order chi connectivity index (χ0) is 11.2. The van der Waals surface area contributed by atoms with E-state index in [1.165, 1.54) is 0 Å². The summed E-state index contributed by atoms with van der Waals surface area (Å²) in [6, 6.07) is -0.966. The molecule has 0 radical (unpaired) electrons. The van der Waals surface area contributed by atoms with Crippen LogP contribution in [0.4, 0.5) is 13.2 Å². The van der Waals surface area contributed by atoms with Crippen LogP contribution in [-0.4, -0.2) is 24.9 Å². The smallest absolute Gasteiger partial charge is 0.367 e. The molecule has 0 saturated heterocycles. The Morgan fingerprint density at radius 1 is 1.29 bits per heavy atom. The molecule has 0 heterocycles. The highest BCUT2D eigenvalue weighted by Crippen LogP contribution is 2.25. The van der Waals surface area contributed by atoms with Gasteiger partial charge in [-0.2, -0.15) is 13.2 Å². The van der Waals surface area contributed by atoms with Crippen molar-refractivity contribution in [2.45, 2.75) is 51.4 Å². The quantitative estimate of drug-likeness (QED) is 0.688. The molecule has 0 amide bonds. The molecule has 0 fully saturated rings. The highest BCUT2D eigenvalue weighted by Gasteiger charge is 2.43. The molecule has 0 spiro atoms. The lowest BCUT2D eigenvalue weighted by Crippen LogP contribution is -2.46. The molecule has 0 aliphatic carbocycles. The molecule has 2 unspecified atom stereocenters. The lowest BCUT2D eigenvalue weighted by Gasteiger charge is -2.25. The maximum atomic E-state index is 12.4. The van der Waals surface area contributed by atoms with Crippen LogP contribution in [0.5, 0.6) is 0 Å². The van der Waals surface area contributed by atoms with E-state index in [-0.39, 0.29) is 13.0 Å². The Balaban J connectivity index is 4.12. The van der Waals surface area contributed by atoms with Gasteiger partial charge in [0.1, 0.15) is 0 Å². The zero-order valence-electron chi connectivity index (χ0n) is 8.60. The summed E-state index contributed by atoms with van der Waals surface area (Å²) < 4.78 is 41.9. The minimum atomic E-state index is -4.36. The fraction of sp³-hybridized carbons (Fsp3) is 1.00. The van der Waals surface area contributed by atoms with Crippen LogP contribution in [0.25, 0.3) is 0 Å². The van der Waals surface area contributed by atoms with E-state index >= 15 is 0 Å². The number of ether oxygens (including phenoxy) is 1. The second-order valence-corrected chi connectivity index (χ2v) is 3.26. The first-order chi connectivity index (χ1) is 6.43. The molecule has 2 nitrogen and oxygen atoms in total. The molecule has 0 aromatic heterocycles. The third-order valence-corrected chi connectivity index (χ3v) is 1.98. The fourth-order valence-electron chi connectivity index (χ4n) is 1.03. The predicted octanol–water partition coefficient (Wildman–Crippen LogP) is 2.47. The second kappa shape index (κ2) is 6.24. The lowest BCUT2D eigenvalue weighted by molar-refractivity contribution is -0.226. The molecule has 86 valence electrons. The fourth-order valence-corrected chi connectivity index (χ4v) is 1.03. The third-order valence-electron chi connectivity index (χ3n) is 1.98. The van der Waals surface area contributed by atoms with Crippen molar-refractivity contribution in [2.75, 3.05) is 6.61 Å². The van der Waals surface area contributed by atoms with E-state index in [0.717, 1.165) is 6.42 Å². The molecule has 2 atom stereocenters. The highest BCUT2D eigenvalue weighted by molar-refractivity contribution is 4.78. The van der Waals surface area contributed by atoms with Gasteiger partial charge in [-0.1, -0.05) is 20.3 Å². The first-order valence-corrected chi connectivity index (χ1v) is 4.87. The Morgan fingerprint density at radius 3 is 2.21 bits per heavy atom. The standard InChI is InChI=1S/C9H18F3NO/c1-3-5-6-14-8(7(13)4-2)9(10,11)12/h7-8H,3-6,13H2,1-2H3. The first kappa shape index (κ1) is 13.7. The van der Waals surface area contributed by atoms with E-state index in [2.05, 4.69) is 0 Å². The predicted molar refractivity (Wildman–Crippen MR) is 49.0 cm³/mol. The van der Waals surface area contributed by atoms with Gasteiger partial charge in [-0.15, -0.1) is 0 Å². The van der Waals surface area contributed by atoms with Crippen molar-refractivity contribution in [1.82, 2.24) is 0 Å². The summed E-state index contributed by atoms with van der Waals surface area (Å²) in [5.74, 6) is 0. The summed E-state index contributed by atoms with van der Waals surface area (Å²) in [4.78, 5) is 0. The minimum Gasteiger partial charge on any atom is -0.367 e. The Labute approximate surface area is 82.6 Å². The van der Waals surface area contributed by atoms with Crippen LogP contribution in [-0.2, 0) is 4.74 Å². The van der Waals surface area contributed by atoms with Gasteiger partial charge in [-0.05, 0) is 12.8 Å². The number of hydrogen-bond acceptors (Lipinski definition) is 2. The second-order valence-electron chi connectivity index (χ2n) is 3.26. The highest BCUT2D eigenvalue weighted by atomic mass is 19.4. The van der Waals surface area contributed by atoms with Crippen LogP contribution in [0.15, 0.2) is 0 Å². The maximum absolute atomic E-state index is 12.4. The van der Waals surface area contributed by atoms with E-state index < -0.39 is 18.3 Å². The van der Waals surface area contributed by atoms with Crippen LogP contribution in [0.1, 0.15) is 33.1 Å². The van der Waals surface area contributed by atoms with Crippen molar-refractivity contribution >= 4 is 0 Å². The number of alkyl halides is 3. The molecule has 0 bridgehead atoms. The molecule has 0 aliphatic heterocycles. The monoisotopic (exact) mass is 213 g/mol.